The molecule has 1 rings (SSSR count). The Balaban J connectivity index is 2.45. The molecule has 1 aromatic carbocycles. The highest BCUT2D eigenvalue weighted by Crippen LogP contribution is 2.15. The van der Waals surface area contributed by atoms with Crippen molar-refractivity contribution >= 4 is 0 Å². The lowest BCUT2D eigenvalue weighted by Crippen LogP contribution is -2.22. The second kappa shape index (κ2) is 8.04. The molecule has 0 N–H and O–H groups in total. The molecular weight excluding hydrogens is 212 g/mol. The van der Waals surface area contributed by atoms with E-state index in [4.69, 9.17) is 9.47 Å². The molecule has 2 nitrogen and oxygen atoms in total. The van der Waals surface area contributed by atoms with Crippen molar-refractivity contribution in [3.8, 4) is 0 Å². The lowest BCUT2D eigenvalue weighted by Gasteiger charge is -2.21. The molecule has 0 bridgehead atoms. The summed E-state index contributed by atoms with van der Waals surface area (Å²) in [6, 6.07) is 10.5. The van der Waals surface area contributed by atoms with Crippen LogP contribution in [0.2, 0.25) is 0 Å². The number of aryl methyl sites for hydroxylation is 1. The van der Waals surface area contributed by atoms with Gasteiger partial charge in [0.1, 0.15) is 6.79 Å². The zero-order valence-electron chi connectivity index (χ0n) is 10.8. The minimum absolute atomic E-state index is 0.174. The molecule has 1 aromatic rings. The fraction of sp³-hybridized carbons (Fsp3) is 0.467. The van der Waals surface area contributed by atoms with E-state index in [1.165, 1.54) is 5.56 Å². The molecule has 17 heavy (non-hydrogen) atoms. The first-order valence-corrected chi connectivity index (χ1v) is 6.05. The highest BCUT2D eigenvalue weighted by atomic mass is 16.7. The fourth-order valence-electron chi connectivity index (χ4n) is 1.76. The second-order valence-electron chi connectivity index (χ2n) is 4.23. The van der Waals surface area contributed by atoms with E-state index < -0.39 is 0 Å². The predicted octanol–water partition coefficient (Wildman–Crippen LogP) is 3.43. The van der Waals surface area contributed by atoms with E-state index in [1.54, 1.807) is 7.11 Å². The van der Waals surface area contributed by atoms with Gasteiger partial charge in [-0.2, -0.15) is 0 Å². The standard InChI is InChI=1S/C15H22O2/c1-4-13(2)15(17-12-16-3)11-10-14-8-6-5-7-9-14/h4-9,13,15H,1,10-12H2,2-3H3/t13-,15+/m0/s1. The van der Waals surface area contributed by atoms with Crippen LogP contribution < -0.4 is 0 Å². The normalized spacial score (nSPS) is 14.2. The summed E-state index contributed by atoms with van der Waals surface area (Å²) >= 11 is 0. The minimum Gasteiger partial charge on any atom is -0.359 e. The quantitative estimate of drug-likeness (QED) is 0.507. The highest BCUT2D eigenvalue weighted by molar-refractivity contribution is 5.14. The lowest BCUT2D eigenvalue weighted by molar-refractivity contribution is -0.0851. The molecule has 0 saturated heterocycles. The molecule has 0 aliphatic heterocycles. The summed E-state index contributed by atoms with van der Waals surface area (Å²) in [5.41, 5.74) is 1.34. The van der Waals surface area contributed by atoms with Gasteiger partial charge in [0.15, 0.2) is 0 Å². The first kappa shape index (κ1) is 13.9. The number of hydrogen-bond donors (Lipinski definition) is 0. The Morgan fingerprint density at radius 2 is 2.00 bits per heavy atom. The molecule has 0 amide bonds. The van der Waals surface area contributed by atoms with Gasteiger partial charge in [-0.1, -0.05) is 43.3 Å². The molecule has 0 heterocycles. The maximum Gasteiger partial charge on any atom is 0.146 e. The summed E-state index contributed by atoms with van der Waals surface area (Å²) in [7, 11) is 1.65. The molecule has 0 aromatic heterocycles. The van der Waals surface area contributed by atoms with Crippen molar-refractivity contribution in [2.75, 3.05) is 13.9 Å². The Labute approximate surface area is 104 Å². The molecule has 0 aliphatic rings. The van der Waals surface area contributed by atoms with Crippen molar-refractivity contribution in [1.29, 1.82) is 0 Å². The number of hydrogen-bond acceptors (Lipinski definition) is 2. The summed E-state index contributed by atoms with van der Waals surface area (Å²) in [6.45, 7) is 6.29. The average Bonchev–Trinajstić information content (AvgIpc) is 2.39. The Bertz CT molecular complexity index is 308. The molecule has 2 heteroatoms. The van der Waals surface area contributed by atoms with Crippen LogP contribution in [-0.2, 0) is 15.9 Å². The van der Waals surface area contributed by atoms with Gasteiger partial charge in [-0.25, -0.2) is 0 Å². The van der Waals surface area contributed by atoms with Crippen LogP contribution in [0.1, 0.15) is 18.9 Å². The Morgan fingerprint density at radius 1 is 1.29 bits per heavy atom. The first-order valence-electron chi connectivity index (χ1n) is 6.05. The van der Waals surface area contributed by atoms with E-state index in [9.17, 15) is 0 Å². The summed E-state index contributed by atoms with van der Waals surface area (Å²) in [4.78, 5) is 0. The monoisotopic (exact) mass is 234 g/mol. The van der Waals surface area contributed by atoms with E-state index in [1.807, 2.05) is 12.1 Å². The maximum absolute atomic E-state index is 5.67. The van der Waals surface area contributed by atoms with Crippen LogP contribution in [0.5, 0.6) is 0 Å². The molecule has 0 spiro atoms. The van der Waals surface area contributed by atoms with Gasteiger partial charge >= 0.3 is 0 Å². The summed E-state index contributed by atoms with van der Waals surface area (Å²) in [5.74, 6) is 0.342. The molecule has 0 fully saturated rings. The number of ether oxygens (including phenoxy) is 2. The third kappa shape index (κ3) is 5.16. The molecule has 0 saturated carbocycles. The predicted molar refractivity (Wildman–Crippen MR) is 70.9 cm³/mol. The Hall–Kier alpha value is -1.12. The van der Waals surface area contributed by atoms with Gasteiger partial charge in [0, 0.05) is 13.0 Å². The summed E-state index contributed by atoms with van der Waals surface area (Å²) in [6.07, 6.45) is 4.12. The van der Waals surface area contributed by atoms with Gasteiger partial charge in [0.25, 0.3) is 0 Å². The Morgan fingerprint density at radius 3 is 2.59 bits per heavy atom. The van der Waals surface area contributed by atoms with E-state index in [2.05, 4.69) is 37.8 Å². The summed E-state index contributed by atoms with van der Waals surface area (Å²) in [5, 5.41) is 0. The van der Waals surface area contributed by atoms with Gasteiger partial charge < -0.3 is 9.47 Å². The van der Waals surface area contributed by atoms with Crippen LogP contribution in [0.4, 0.5) is 0 Å². The van der Waals surface area contributed by atoms with Crippen LogP contribution in [0.3, 0.4) is 0 Å². The van der Waals surface area contributed by atoms with E-state index in [0.717, 1.165) is 12.8 Å². The van der Waals surface area contributed by atoms with Crippen molar-refractivity contribution in [2.24, 2.45) is 5.92 Å². The van der Waals surface area contributed by atoms with Crippen molar-refractivity contribution in [1.82, 2.24) is 0 Å². The third-order valence-corrected chi connectivity index (χ3v) is 2.92. The average molecular weight is 234 g/mol. The van der Waals surface area contributed by atoms with Gasteiger partial charge in [0.05, 0.1) is 6.10 Å². The van der Waals surface area contributed by atoms with Crippen molar-refractivity contribution in [2.45, 2.75) is 25.9 Å². The van der Waals surface area contributed by atoms with Crippen LogP contribution >= 0.6 is 0 Å². The highest BCUT2D eigenvalue weighted by Gasteiger charge is 2.15. The van der Waals surface area contributed by atoms with Crippen LogP contribution in [0.25, 0.3) is 0 Å². The van der Waals surface area contributed by atoms with E-state index in [0.29, 0.717) is 12.7 Å². The summed E-state index contributed by atoms with van der Waals surface area (Å²) < 4.78 is 10.6. The van der Waals surface area contributed by atoms with Gasteiger partial charge in [-0.05, 0) is 18.4 Å². The smallest absolute Gasteiger partial charge is 0.146 e. The minimum atomic E-state index is 0.174. The maximum atomic E-state index is 5.67. The molecule has 94 valence electrons. The second-order valence-corrected chi connectivity index (χ2v) is 4.23. The SMILES string of the molecule is C=C[C@H](C)[C@@H](CCc1ccccc1)OCOC. The van der Waals surface area contributed by atoms with Gasteiger partial charge in [0.2, 0.25) is 0 Å². The van der Waals surface area contributed by atoms with Gasteiger partial charge in [-0.15, -0.1) is 6.58 Å². The topological polar surface area (TPSA) is 18.5 Å². The van der Waals surface area contributed by atoms with Crippen molar-refractivity contribution in [3.63, 3.8) is 0 Å². The van der Waals surface area contributed by atoms with Crippen LogP contribution in [-0.4, -0.2) is 20.0 Å². The first-order chi connectivity index (χ1) is 8.27. The number of rotatable bonds is 8. The fourth-order valence-corrected chi connectivity index (χ4v) is 1.76. The van der Waals surface area contributed by atoms with Crippen molar-refractivity contribution in [3.05, 3.63) is 48.6 Å². The van der Waals surface area contributed by atoms with Gasteiger partial charge in [-0.3, -0.25) is 0 Å². The zero-order valence-corrected chi connectivity index (χ0v) is 10.8. The molecular formula is C15H22O2. The van der Waals surface area contributed by atoms with Crippen LogP contribution in [0, 0.1) is 5.92 Å². The number of benzene rings is 1. The molecule has 0 unspecified atom stereocenters. The van der Waals surface area contributed by atoms with Crippen LogP contribution in [0.15, 0.2) is 43.0 Å². The Kier molecular flexibility index (Phi) is 6.60. The molecule has 2 atom stereocenters. The zero-order chi connectivity index (χ0) is 12.5. The molecule has 0 aliphatic carbocycles. The van der Waals surface area contributed by atoms with E-state index in [-0.39, 0.29) is 6.10 Å². The number of methoxy groups -OCH3 is 1. The largest absolute Gasteiger partial charge is 0.359 e. The van der Waals surface area contributed by atoms with Crippen molar-refractivity contribution < 1.29 is 9.47 Å². The molecule has 0 radical (unpaired) electrons. The lowest BCUT2D eigenvalue weighted by atomic mass is 9.98. The third-order valence-electron chi connectivity index (χ3n) is 2.92. The van der Waals surface area contributed by atoms with E-state index >= 15 is 0 Å².